The lowest BCUT2D eigenvalue weighted by molar-refractivity contribution is 0.417. The van der Waals surface area contributed by atoms with Crippen molar-refractivity contribution in [3.05, 3.63) is 47.6 Å². The number of rotatable bonds is 3. The molecule has 0 bridgehead atoms. The number of aromatic nitrogens is 1. The van der Waals surface area contributed by atoms with Crippen LogP contribution in [-0.4, -0.2) is 12.1 Å². The largest absolute Gasteiger partial charge is 0.495 e. The van der Waals surface area contributed by atoms with E-state index in [1.165, 1.54) is 0 Å². The second-order valence-electron chi connectivity index (χ2n) is 4.71. The van der Waals surface area contributed by atoms with Gasteiger partial charge < -0.3 is 20.9 Å². The number of nitrogens with zero attached hydrogens (tertiary/aromatic N) is 1. The molecular formula is C16H14ClN3O2. The number of hydrogen-bond donors (Lipinski definition) is 2. The lowest BCUT2D eigenvalue weighted by atomic mass is 10.1. The van der Waals surface area contributed by atoms with Crippen LogP contribution in [0.5, 0.6) is 17.2 Å². The van der Waals surface area contributed by atoms with Crippen LogP contribution in [0.2, 0.25) is 5.02 Å². The van der Waals surface area contributed by atoms with Crippen molar-refractivity contribution in [1.82, 2.24) is 4.98 Å². The lowest BCUT2D eigenvalue weighted by Crippen LogP contribution is -1.95. The molecule has 0 aliphatic carbocycles. The zero-order valence-corrected chi connectivity index (χ0v) is 12.6. The Balaban J connectivity index is 2.06. The number of methoxy groups -OCH3 is 1. The van der Waals surface area contributed by atoms with Crippen LogP contribution in [0.1, 0.15) is 0 Å². The van der Waals surface area contributed by atoms with Gasteiger partial charge in [0.15, 0.2) is 0 Å². The molecule has 1 aromatic heterocycles. The van der Waals surface area contributed by atoms with Crippen molar-refractivity contribution in [2.75, 3.05) is 18.6 Å². The molecule has 0 radical (unpaired) electrons. The summed E-state index contributed by atoms with van der Waals surface area (Å²) in [7, 11) is 1.56. The normalized spacial score (nSPS) is 10.6. The molecule has 3 rings (SSSR count). The van der Waals surface area contributed by atoms with Crippen molar-refractivity contribution in [3.63, 3.8) is 0 Å². The van der Waals surface area contributed by atoms with E-state index in [2.05, 4.69) is 4.98 Å². The third-order valence-corrected chi connectivity index (χ3v) is 3.58. The minimum atomic E-state index is 0.442. The Kier molecular flexibility index (Phi) is 3.65. The van der Waals surface area contributed by atoms with Gasteiger partial charge in [-0.1, -0.05) is 11.6 Å². The van der Waals surface area contributed by atoms with Crippen LogP contribution in [0.25, 0.3) is 10.9 Å². The number of pyridine rings is 1. The summed E-state index contributed by atoms with van der Waals surface area (Å²) in [6.07, 6.45) is 1.66. The van der Waals surface area contributed by atoms with Crippen molar-refractivity contribution >= 4 is 33.9 Å². The molecule has 22 heavy (non-hydrogen) atoms. The van der Waals surface area contributed by atoms with Crippen LogP contribution in [0.15, 0.2) is 42.6 Å². The third kappa shape index (κ3) is 2.58. The van der Waals surface area contributed by atoms with Crippen molar-refractivity contribution in [3.8, 4) is 17.2 Å². The topological polar surface area (TPSA) is 83.4 Å². The number of benzene rings is 2. The number of nitrogen functional groups attached to an aromatic ring is 2. The summed E-state index contributed by atoms with van der Waals surface area (Å²) < 4.78 is 11.1. The van der Waals surface area contributed by atoms with Gasteiger partial charge in [0.05, 0.1) is 29.0 Å². The molecule has 0 aliphatic heterocycles. The molecule has 5 nitrogen and oxygen atoms in total. The summed E-state index contributed by atoms with van der Waals surface area (Å²) >= 11 is 6.01. The SMILES string of the molecule is COc1cc2nccc(Oc3ccc(N)c(Cl)c3)c2cc1N. The van der Waals surface area contributed by atoms with E-state index >= 15 is 0 Å². The molecule has 4 N–H and O–H groups in total. The van der Waals surface area contributed by atoms with E-state index in [0.717, 1.165) is 10.9 Å². The highest BCUT2D eigenvalue weighted by Crippen LogP contribution is 2.35. The van der Waals surface area contributed by atoms with Gasteiger partial charge in [-0.05, 0) is 24.3 Å². The molecule has 0 spiro atoms. The van der Waals surface area contributed by atoms with Gasteiger partial charge >= 0.3 is 0 Å². The maximum absolute atomic E-state index is 6.01. The van der Waals surface area contributed by atoms with E-state index in [0.29, 0.717) is 33.6 Å². The summed E-state index contributed by atoms with van der Waals surface area (Å²) in [6, 6.07) is 10.4. The lowest BCUT2D eigenvalue weighted by Gasteiger charge is -2.11. The quantitative estimate of drug-likeness (QED) is 0.717. The smallest absolute Gasteiger partial charge is 0.143 e. The summed E-state index contributed by atoms with van der Waals surface area (Å²) in [5.74, 6) is 1.79. The van der Waals surface area contributed by atoms with Gasteiger partial charge in [-0.2, -0.15) is 0 Å². The predicted octanol–water partition coefficient (Wildman–Crippen LogP) is 3.85. The van der Waals surface area contributed by atoms with Crippen LogP contribution >= 0.6 is 11.6 Å². The summed E-state index contributed by atoms with van der Waals surface area (Å²) in [5.41, 5.74) is 13.4. The van der Waals surface area contributed by atoms with E-state index in [1.54, 1.807) is 49.7 Å². The monoisotopic (exact) mass is 315 g/mol. The number of anilines is 2. The highest BCUT2D eigenvalue weighted by molar-refractivity contribution is 6.33. The van der Waals surface area contributed by atoms with E-state index in [1.807, 2.05) is 0 Å². The van der Waals surface area contributed by atoms with Crippen molar-refractivity contribution in [2.24, 2.45) is 0 Å². The van der Waals surface area contributed by atoms with Gasteiger partial charge in [-0.25, -0.2) is 0 Å². The Morgan fingerprint density at radius 3 is 2.55 bits per heavy atom. The van der Waals surface area contributed by atoms with Gasteiger partial charge in [0.25, 0.3) is 0 Å². The van der Waals surface area contributed by atoms with Gasteiger partial charge in [0, 0.05) is 23.7 Å². The Labute approximate surface area is 132 Å². The van der Waals surface area contributed by atoms with E-state index in [9.17, 15) is 0 Å². The molecule has 0 aliphatic rings. The fourth-order valence-electron chi connectivity index (χ4n) is 2.13. The summed E-state index contributed by atoms with van der Waals surface area (Å²) in [4.78, 5) is 4.30. The van der Waals surface area contributed by atoms with Gasteiger partial charge in [-0.15, -0.1) is 0 Å². The van der Waals surface area contributed by atoms with Crippen molar-refractivity contribution in [1.29, 1.82) is 0 Å². The number of ether oxygens (including phenoxy) is 2. The van der Waals surface area contributed by atoms with E-state index < -0.39 is 0 Å². The zero-order chi connectivity index (χ0) is 15.7. The summed E-state index contributed by atoms with van der Waals surface area (Å²) in [5, 5.41) is 1.23. The van der Waals surface area contributed by atoms with Gasteiger partial charge in [0.1, 0.15) is 17.2 Å². The first-order valence-electron chi connectivity index (χ1n) is 6.53. The maximum atomic E-state index is 6.01. The maximum Gasteiger partial charge on any atom is 0.143 e. The van der Waals surface area contributed by atoms with Crippen molar-refractivity contribution < 1.29 is 9.47 Å². The fraction of sp³-hybridized carbons (Fsp3) is 0.0625. The molecular weight excluding hydrogens is 302 g/mol. The van der Waals surface area contributed by atoms with Gasteiger partial charge in [0.2, 0.25) is 0 Å². The van der Waals surface area contributed by atoms with Gasteiger partial charge in [-0.3, -0.25) is 4.98 Å². The minimum Gasteiger partial charge on any atom is -0.495 e. The molecule has 6 heteroatoms. The van der Waals surface area contributed by atoms with Crippen LogP contribution in [0.3, 0.4) is 0 Å². The zero-order valence-electron chi connectivity index (χ0n) is 11.8. The molecule has 0 saturated carbocycles. The van der Waals surface area contributed by atoms with E-state index in [4.69, 9.17) is 32.5 Å². The number of halogens is 1. The number of fused-ring (bicyclic) bond motifs is 1. The standard InChI is InChI=1S/C16H14ClN3O2/c1-21-16-8-14-10(7-13(16)19)15(4-5-20-14)22-9-2-3-12(18)11(17)6-9/h2-8H,18-19H2,1H3. The molecule has 0 unspecified atom stereocenters. The Morgan fingerprint density at radius 1 is 1.00 bits per heavy atom. The highest BCUT2D eigenvalue weighted by Gasteiger charge is 2.09. The summed E-state index contributed by atoms with van der Waals surface area (Å²) in [6.45, 7) is 0. The second kappa shape index (κ2) is 5.61. The minimum absolute atomic E-state index is 0.442. The van der Waals surface area contributed by atoms with Crippen LogP contribution in [0.4, 0.5) is 11.4 Å². The predicted molar refractivity (Wildman–Crippen MR) is 88.6 cm³/mol. The Bertz CT molecular complexity index is 852. The Hall–Kier alpha value is -2.66. The van der Waals surface area contributed by atoms with Crippen LogP contribution < -0.4 is 20.9 Å². The average molecular weight is 316 g/mol. The second-order valence-corrected chi connectivity index (χ2v) is 5.11. The molecule has 0 amide bonds. The molecule has 3 aromatic rings. The number of hydrogen-bond acceptors (Lipinski definition) is 5. The van der Waals surface area contributed by atoms with Crippen molar-refractivity contribution in [2.45, 2.75) is 0 Å². The number of nitrogens with two attached hydrogens (primary N) is 2. The first-order valence-corrected chi connectivity index (χ1v) is 6.91. The molecule has 112 valence electrons. The molecule has 0 atom stereocenters. The third-order valence-electron chi connectivity index (χ3n) is 3.25. The molecule has 2 aromatic carbocycles. The first-order chi connectivity index (χ1) is 10.6. The molecule has 1 heterocycles. The van der Waals surface area contributed by atoms with E-state index in [-0.39, 0.29) is 0 Å². The average Bonchev–Trinajstić information content (AvgIpc) is 2.51. The van der Waals surface area contributed by atoms with Crippen LogP contribution in [-0.2, 0) is 0 Å². The molecule has 0 fully saturated rings. The highest BCUT2D eigenvalue weighted by atomic mass is 35.5. The Morgan fingerprint density at radius 2 is 1.82 bits per heavy atom. The molecule has 0 saturated heterocycles. The first kappa shape index (κ1) is 14.3. The fourth-order valence-corrected chi connectivity index (χ4v) is 2.30. The van der Waals surface area contributed by atoms with Crippen LogP contribution in [0, 0.1) is 0 Å².